The molecule has 0 radical (unpaired) electrons. The van der Waals surface area contributed by atoms with Gasteiger partial charge in [0.15, 0.2) is 5.13 Å². The molecule has 1 aromatic carbocycles. The molecule has 1 saturated carbocycles. The summed E-state index contributed by atoms with van der Waals surface area (Å²) in [5, 5.41) is 7.98. The van der Waals surface area contributed by atoms with E-state index >= 15 is 0 Å². The van der Waals surface area contributed by atoms with Gasteiger partial charge < -0.3 is 10.6 Å². The summed E-state index contributed by atoms with van der Waals surface area (Å²) >= 11 is 1.15. The first-order valence-electron chi connectivity index (χ1n) is 8.53. The summed E-state index contributed by atoms with van der Waals surface area (Å²) in [5.41, 5.74) is -0.360. The third kappa shape index (κ3) is 3.97. The number of nitrogens with zero attached hydrogens (tertiary/aromatic N) is 1. The minimum Gasteiger partial charge on any atom is -0.317 e. The van der Waals surface area contributed by atoms with E-state index < -0.39 is 11.7 Å². The number of aromatic nitrogens is 1. The first-order valence-corrected chi connectivity index (χ1v) is 9.41. The van der Waals surface area contributed by atoms with Gasteiger partial charge in [-0.15, -0.1) is 23.7 Å². The standard InChI is InChI=1S/C18H18F3N3OS.ClH/c19-18(20,21)12-4-2-1-3-11(12)14-10-26-16(23-14)24-15(25)13-9-17(13)5-7-22-8-6-17;/h1-4,10,13,22H,5-9H2,(H,23,24,25);1H. The van der Waals surface area contributed by atoms with Crippen LogP contribution in [0.4, 0.5) is 18.3 Å². The number of nitrogens with one attached hydrogen (secondary N) is 2. The summed E-state index contributed by atoms with van der Waals surface area (Å²) < 4.78 is 39.5. The molecule has 1 aromatic heterocycles. The number of halogens is 4. The Morgan fingerprint density at radius 1 is 1.26 bits per heavy atom. The molecule has 2 fully saturated rings. The van der Waals surface area contributed by atoms with Crippen molar-refractivity contribution in [3.63, 3.8) is 0 Å². The molecule has 1 aliphatic carbocycles. The van der Waals surface area contributed by atoms with E-state index in [0.717, 1.165) is 49.8 Å². The van der Waals surface area contributed by atoms with Crippen molar-refractivity contribution in [3.05, 3.63) is 35.2 Å². The molecule has 1 saturated heterocycles. The molecule has 27 heavy (non-hydrogen) atoms. The van der Waals surface area contributed by atoms with Crippen LogP contribution in [0.15, 0.2) is 29.6 Å². The average molecular weight is 418 g/mol. The van der Waals surface area contributed by atoms with Crippen molar-refractivity contribution in [1.29, 1.82) is 0 Å². The summed E-state index contributed by atoms with van der Waals surface area (Å²) in [6.07, 6.45) is -1.57. The Balaban J connectivity index is 0.00000210. The Morgan fingerprint density at radius 2 is 1.96 bits per heavy atom. The second-order valence-electron chi connectivity index (χ2n) is 6.94. The van der Waals surface area contributed by atoms with Crippen LogP contribution in [0.2, 0.25) is 0 Å². The maximum atomic E-state index is 13.2. The Kier molecular flexibility index (Phi) is 5.52. The van der Waals surface area contributed by atoms with Crippen molar-refractivity contribution in [3.8, 4) is 11.3 Å². The van der Waals surface area contributed by atoms with Gasteiger partial charge in [0.05, 0.1) is 11.3 Å². The largest absolute Gasteiger partial charge is 0.417 e. The van der Waals surface area contributed by atoms with E-state index in [1.54, 1.807) is 11.4 Å². The van der Waals surface area contributed by atoms with E-state index in [1.807, 2.05) is 0 Å². The number of carbonyl (C=O) groups excluding carboxylic acids is 1. The zero-order chi connectivity index (χ0) is 18.4. The quantitative estimate of drug-likeness (QED) is 0.768. The lowest BCUT2D eigenvalue weighted by Crippen LogP contribution is -2.31. The highest BCUT2D eigenvalue weighted by molar-refractivity contribution is 7.14. The number of anilines is 1. The van der Waals surface area contributed by atoms with Crippen LogP contribution >= 0.6 is 23.7 Å². The molecule has 2 aromatic rings. The maximum Gasteiger partial charge on any atom is 0.417 e. The second kappa shape index (κ2) is 7.41. The monoisotopic (exact) mass is 417 g/mol. The highest BCUT2D eigenvalue weighted by Gasteiger charge is 2.57. The van der Waals surface area contributed by atoms with Crippen LogP contribution in [0.3, 0.4) is 0 Å². The molecule has 4 nitrogen and oxygen atoms in total. The average Bonchev–Trinajstić information content (AvgIpc) is 3.10. The first kappa shape index (κ1) is 20.1. The van der Waals surface area contributed by atoms with Gasteiger partial charge in [-0.25, -0.2) is 4.98 Å². The number of benzene rings is 1. The molecule has 1 spiro atoms. The van der Waals surface area contributed by atoms with Crippen molar-refractivity contribution in [2.45, 2.75) is 25.4 Å². The van der Waals surface area contributed by atoms with Gasteiger partial charge in [-0.2, -0.15) is 13.2 Å². The summed E-state index contributed by atoms with van der Waals surface area (Å²) in [4.78, 5) is 16.7. The van der Waals surface area contributed by atoms with Crippen LogP contribution in [-0.2, 0) is 11.0 Å². The number of alkyl halides is 3. The smallest absolute Gasteiger partial charge is 0.317 e. The van der Waals surface area contributed by atoms with Crippen LogP contribution in [0.1, 0.15) is 24.8 Å². The van der Waals surface area contributed by atoms with Gasteiger partial charge in [-0.3, -0.25) is 4.79 Å². The van der Waals surface area contributed by atoms with Crippen LogP contribution in [0.25, 0.3) is 11.3 Å². The minimum absolute atomic E-state index is 0. The number of hydrogen-bond acceptors (Lipinski definition) is 4. The minimum atomic E-state index is -4.45. The van der Waals surface area contributed by atoms with Crippen LogP contribution < -0.4 is 10.6 Å². The van der Waals surface area contributed by atoms with Gasteiger partial charge in [-0.1, -0.05) is 18.2 Å². The van der Waals surface area contributed by atoms with Gasteiger partial charge >= 0.3 is 6.18 Å². The van der Waals surface area contributed by atoms with Gasteiger partial charge in [0.1, 0.15) is 0 Å². The molecular weight excluding hydrogens is 399 g/mol. The van der Waals surface area contributed by atoms with Crippen molar-refractivity contribution in [1.82, 2.24) is 10.3 Å². The van der Waals surface area contributed by atoms with E-state index in [2.05, 4.69) is 15.6 Å². The lowest BCUT2D eigenvalue weighted by Gasteiger charge is -2.22. The van der Waals surface area contributed by atoms with Crippen molar-refractivity contribution >= 4 is 34.8 Å². The number of carbonyl (C=O) groups is 1. The maximum absolute atomic E-state index is 13.2. The molecule has 1 unspecified atom stereocenters. The van der Waals surface area contributed by atoms with Gasteiger partial charge in [0.25, 0.3) is 0 Å². The summed E-state index contributed by atoms with van der Waals surface area (Å²) in [5.74, 6) is -0.0867. The molecule has 1 atom stereocenters. The molecule has 9 heteroatoms. The molecule has 2 heterocycles. The summed E-state index contributed by atoms with van der Waals surface area (Å²) in [6.45, 7) is 1.86. The Labute approximate surface area is 165 Å². The van der Waals surface area contributed by atoms with E-state index in [0.29, 0.717) is 5.13 Å². The predicted molar refractivity (Wildman–Crippen MR) is 101 cm³/mol. The van der Waals surface area contributed by atoms with E-state index in [1.165, 1.54) is 12.1 Å². The van der Waals surface area contributed by atoms with Crippen LogP contribution in [0.5, 0.6) is 0 Å². The Morgan fingerprint density at radius 3 is 2.67 bits per heavy atom. The number of piperidine rings is 1. The number of hydrogen-bond donors (Lipinski definition) is 2. The summed E-state index contributed by atoms with van der Waals surface area (Å²) in [6, 6.07) is 5.34. The van der Waals surface area contributed by atoms with E-state index in [9.17, 15) is 18.0 Å². The highest BCUT2D eigenvalue weighted by Crippen LogP contribution is 2.58. The fraction of sp³-hybridized carbons (Fsp3) is 0.444. The molecular formula is C18H19ClF3N3OS. The highest BCUT2D eigenvalue weighted by atomic mass is 35.5. The normalized spacial score (nSPS) is 20.8. The SMILES string of the molecule is Cl.O=C(Nc1nc(-c2ccccc2C(F)(F)F)cs1)C1CC12CCNCC2. The van der Waals surface area contributed by atoms with Crippen LogP contribution in [-0.4, -0.2) is 24.0 Å². The second-order valence-corrected chi connectivity index (χ2v) is 7.80. The number of rotatable bonds is 3. The zero-order valence-electron chi connectivity index (χ0n) is 14.3. The van der Waals surface area contributed by atoms with Crippen molar-refractivity contribution in [2.24, 2.45) is 11.3 Å². The third-order valence-corrected chi connectivity index (χ3v) is 6.11. The molecule has 1 aliphatic heterocycles. The van der Waals surface area contributed by atoms with Crippen molar-refractivity contribution < 1.29 is 18.0 Å². The fourth-order valence-corrected chi connectivity index (χ4v) is 4.51. The van der Waals surface area contributed by atoms with Gasteiger partial charge in [0.2, 0.25) is 5.91 Å². The lowest BCUT2D eigenvalue weighted by atomic mass is 9.92. The Hall–Kier alpha value is -1.64. The number of thiazole rings is 1. The summed E-state index contributed by atoms with van der Waals surface area (Å²) in [7, 11) is 0. The molecule has 2 N–H and O–H groups in total. The molecule has 4 rings (SSSR count). The van der Waals surface area contributed by atoms with Crippen LogP contribution in [0, 0.1) is 11.3 Å². The van der Waals surface area contributed by atoms with Crippen molar-refractivity contribution in [2.75, 3.05) is 18.4 Å². The number of amides is 1. The zero-order valence-corrected chi connectivity index (χ0v) is 15.9. The van der Waals surface area contributed by atoms with E-state index in [-0.39, 0.29) is 40.9 Å². The first-order chi connectivity index (χ1) is 12.4. The predicted octanol–water partition coefficient (Wildman–Crippen LogP) is 4.58. The molecule has 1 amide bonds. The molecule has 0 bridgehead atoms. The molecule has 2 aliphatic rings. The fourth-order valence-electron chi connectivity index (χ4n) is 3.80. The van der Waals surface area contributed by atoms with Gasteiger partial charge in [-0.05, 0) is 43.8 Å². The molecule has 146 valence electrons. The third-order valence-electron chi connectivity index (χ3n) is 5.35. The lowest BCUT2D eigenvalue weighted by molar-refractivity contribution is -0.137. The topological polar surface area (TPSA) is 54.0 Å². The van der Waals surface area contributed by atoms with E-state index in [4.69, 9.17) is 0 Å². The Bertz CT molecular complexity index is 833. The van der Waals surface area contributed by atoms with Gasteiger partial charge in [0, 0.05) is 16.9 Å².